The summed E-state index contributed by atoms with van der Waals surface area (Å²) in [5, 5.41) is 0.551. The lowest BCUT2D eigenvalue weighted by molar-refractivity contribution is -0.837. The molecule has 0 aromatic rings. The zero-order valence-corrected chi connectivity index (χ0v) is 7.41. The zero-order chi connectivity index (χ0) is 10.3. The molecule has 14 heavy (non-hydrogen) atoms. The SMILES string of the molecule is O=C1CCC(=O)N1[NH+]1C(=O)CCC1=O. The van der Waals surface area contributed by atoms with Gasteiger partial charge < -0.3 is 0 Å². The first kappa shape index (κ1) is 9.01. The summed E-state index contributed by atoms with van der Waals surface area (Å²) in [6.45, 7) is 0. The summed E-state index contributed by atoms with van der Waals surface area (Å²) >= 11 is 0. The van der Waals surface area contributed by atoms with Gasteiger partial charge in [0, 0.05) is 12.8 Å². The lowest BCUT2D eigenvalue weighted by Crippen LogP contribution is -3.21. The van der Waals surface area contributed by atoms with Crippen molar-refractivity contribution < 1.29 is 24.2 Å². The summed E-state index contributed by atoms with van der Waals surface area (Å²) in [7, 11) is 0. The summed E-state index contributed by atoms with van der Waals surface area (Å²) in [5.74, 6) is -1.65. The van der Waals surface area contributed by atoms with Crippen molar-refractivity contribution in [2.75, 3.05) is 0 Å². The van der Waals surface area contributed by atoms with Crippen molar-refractivity contribution in [3.8, 4) is 0 Å². The predicted octanol–water partition coefficient (Wildman–Crippen LogP) is -2.22. The summed E-state index contributed by atoms with van der Waals surface area (Å²) in [4.78, 5) is 45.0. The number of rotatable bonds is 1. The molecule has 0 saturated carbocycles. The Morgan fingerprint density at radius 1 is 0.786 bits per heavy atom. The molecule has 0 atom stereocenters. The van der Waals surface area contributed by atoms with Gasteiger partial charge in [-0.2, -0.15) is 0 Å². The highest BCUT2D eigenvalue weighted by Crippen LogP contribution is 2.08. The average Bonchev–Trinajstić information content (AvgIpc) is 2.60. The van der Waals surface area contributed by atoms with Crippen molar-refractivity contribution in [2.24, 2.45) is 0 Å². The molecule has 2 rings (SSSR count). The summed E-state index contributed by atoms with van der Waals surface area (Å²) in [6, 6.07) is 0. The Balaban J connectivity index is 2.29. The van der Waals surface area contributed by atoms with Crippen LogP contribution in [0.3, 0.4) is 0 Å². The number of nitrogens with zero attached hydrogens (tertiary/aromatic N) is 1. The molecule has 0 aliphatic carbocycles. The molecule has 0 radical (unpaired) electrons. The smallest absolute Gasteiger partial charge is 0.269 e. The van der Waals surface area contributed by atoms with Crippen LogP contribution in [0.1, 0.15) is 25.7 Å². The standard InChI is InChI=1S/C8H8N2O4/c11-5-1-2-6(12)9(5)10-7(13)3-4-8(10)14/h1-4H2/p+1. The highest BCUT2D eigenvalue weighted by atomic mass is 16.2. The molecule has 1 N–H and O–H groups in total. The molecule has 74 valence electrons. The third kappa shape index (κ3) is 1.15. The molecule has 2 fully saturated rings. The largest absolute Gasteiger partial charge is 0.345 e. The van der Waals surface area contributed by atoms with Crippen molar-refractivity contribution in [2.45, 2.75) is 25.7 Å². The Bertz CT molecular complexity index is 283. The Hall–Kier alpha value is -1.56. The quantitative estimate of drug-likeness (QED) is 0.483. The van der Waals surface area contributed by atoms with E-state index in [0.29, 0.717) is 0 Å². The average molecular weight is 197 g/mol. The molecule has 2 heterocycles. The Kier molecular flexibility index (Phi) is 1.92. The molecule has 4 amide bonds. The van der Waals surface area contributed by atoms with Gasteiger partial charge in [0.25, 0.3) is 11.8 Å². The van der Waals surface area contributed by atoms with Crippen LogP contribution in [0.25, 0.3) is 0 Å². The van der Waals surface area contributed by atoms with Gasteiger partial charge >= 0.3 is 11.8 Å². The second kappa shape index (κ2) is 2.98. The number of nitrogens with one attached hydrogen (secondary N) is 1. The first-order valence-electron chi connectivity index (χ1n) is 4.40. The van der Waals surface area contributed by atoms with Gasteiger partial charge in [0.1, 0.15) is 0 Å². The van der Waals surface area contributed by atoms with Gasteiger partial charge in [-0.25, -0.2) is 9.59 Å². The minimum absolute atomic E-state index is 0.100. The van der Waals surface area contributed by atoms with Gasteiger partial charge in [-0.05, 0) is 0 Å². The molecule has 2 aliphatic heterocycles. The van der Waals surface area contributed by atoms with Crippen LogP contribution in [-0.2, 0) is 19.2 Å². The highest BCUT2D eigenvalue weighted by Gasteiger charge is 2.48. The predicted molar refractivity (Wildman–Crippen MR) is 41.3 cm³/mol. The molecule has 0 spiro atoms. The molecule has 6 heteroatoms. The molecule has 0 unspecified atom stereocenters. The minimum Gasteiger partial charge on any atom is -0.269 e. The van der Waals surface area contributed by atoms with Crippen molar-refractivity contribution in [1.29, 1.82) is 0 Å². The molecular weight excluding hydrogens is 188 g/mol. The summed E-state index contributed by atoms with van der Waals surface area (Å²) in [5.41, 5.74) is 0. The minimum atomic E-state index is -0.436. The second-order valence-electron chi connectivity index (χ2n) is 3.32. The van der Waals surface area contributed by atoms with Gasteiger partial charge in [-0.1, -0.05) is 5.01 Å². The Morgan fingerprint density at radius 2 is 1.21 bits per heavy atom. The monoisotopic (exact) mass is 197 g/mol. The molecule has 0 aromatic heterocycles. The maximum atomic E-state index is 11.3. The number of imide groups is 2. The van der Waals surface area contributed by atoms with Crippen LogP contribution in [0, 0.1) is 0 Å². The first-order chi connectivity index (χ1) is 6.61. The fourth-order valence-electron chi connectivity index (χ4n) is 1.69. The fraction of sp³-hybridized carbons (Fsp3) is 0.500. The van der Waals surface area contributed by atoms with Crippen molar-refractivity contribution in [3.05, 3.63) is 0 Å². The third-order valence-corrected chi connectivity index (χ3v) is 2.38. The number of amides is 4. The van der Waals surface area contributed by atoms with Crippen LogP contribution in [0.2, 0.25) is 0 Å². The van der Waals surface area contributed by atoms with E-state index in [1.54, 1.807) is 0 Å². The Morgan fingerprint density at radius 3 is 1.64 bits per heavy atom. The van der Waals surface area contributed by atoms with E-state index < -0.39 is 23.6 Å². The van der Waals surface area contributed by atoms with Gasteiger partial charge in [0.15, 0.2) is 0 Å². The summed E-state index contributed by atoms with van der Waals surface area (Å²) < 4.78 is 0. The van der Waals surface area contributed by atoms with E-state index in [9.17, 15) is 19.2 Å². The van der Waals surface area contributed by atoms with Gasteiger partial charge in [0.05, 0.1) is 12.8 Å². The lowest BCUT2D eigenvalue weighted by atomic mass is 10.4. The van der Waals surface area contributed by atoms with E-state index in [1.807, 2.05) is 0 Å². The number of carbonyl (C=O) groups is 4. The molecule has 6 nitrogen and oxygen atoms in total. The van der Waals surface area contributed by atoms with E-state index in [4.69, 9.17) is 0 Å². The van der Waals surface area contributed by atoms with Gasteiger partial charge in [-0.3, -0.25) is 9.59 Å². The van der Waals surface area contributed by atoms with Crippen LogP contribution in [-0.4, -0.2) is 28.6 Å². The van der Waals surface area contributed by atoms with Crippen molar-refractivity contribution >= 4 is 23.6 Å². The molecule has 2 aliphatic rings. The van der Waals surface area contributed by atoms with E-state index in [0.717, 1.165) is 5.01 Å². The van der Waals surface area contributed by atoms with Crippen molar-refractivity contribution in [3.63, 3.8) is 0 Å². The normalized spacial score (nSPS) is 24.1. The van der Waals surface area contributed by atoms with E-state index >= 15 is 0 Å². The molecule has 2 saturated heterocycles. The zero-order valence-electron chi connectivity index (χ0n) is 7.41. The first-order valence-corrected chi connectivity index (χ1v) is 4.40. The fourth-order valence-corrected chi connectivity index (χ4v) is 1.69. The van der Waals surface area contributed by atoms with E-state index in [1.165, 1.54) is 0 Å². The maximum Gasteiger partial charge on any atom is 0.345 e. The van der Waals surface area contributed by atoms with Gasteiger partial charge in [-0.15, -0.1) is 5.01 Å². The van der Waals surface area contributed by atoms with Crippen LogP contribution >= 0.6 is 0 Å². The summed E-state index contributed by atoms with van der Waals surface area (Å²) in [6.07, 6.45) is 0.433. The molecular formula is C8H9N2O4+. The third-order valence-electron chi connectivity index (χ3n) is 2.38. The molecule has 0 bridgehead atoms. The van der Waals surface area contributed by atoms with Crippen LogP contribution < -0.4 is 5.01 Å². The Labute approximate surface area is 79.4 Å². The second-order valence-corrected chi connectivity index (χ2v) is 3.32. The van der Waals surface area contributed by atoms with Crippen LogP contribution in [0.15, 0.2) is 0 Å². The van der Waals surface area contributed by atoms with Crippen LogP contribution in [0.4, 0.5) is 0 Å². The van der Waals surface area contributed by atoms with E-state index in [2.05, 4.69) is 0 Å². The number of quaternary nitrogens is 1. The lowest BCUT2D eigenvalue weighted by Gasteiger charge is -2.16. The van der Waals surface area contributed by atoms with Crippen molar-refractivity contribution in [1.82, 2.24) is 5.01 Å². The van der Waals surface area contributed by atoms with Gasteiger partial charge in [0.2, 0.25) is 0 Å². The number of carbonyl (C=O) groups excluding carboxylic acids is 4. The highest BCUT2D eigenvalue weighted by molar-refractivity contribution is 6.03. The number of hydrogen-bond acceptors (Lipinski definition) is 4. The van der Waals surface area contributed by atoms with Crippen LogP contribution in [0.5, 0.6) is 0 Å². The maximum absolute atomic E-state index is 11.3. The number of hydrogen-bond donors (Lipinski definition) is 1. The van der Waals surface area contributed by atoms with E-state index in [-0.39, 0.29) is 30.7 Å². The molecule has 0 aromatic carbocycles. The topological polar surface area (TPSA) is 76.0 Å².